The summed E-state index contributed by atoms with van der Waals surface area (Å²) in [5, 5.41) is 7.71. The van der Waals surface area contributed by atoms with Gasteiger partial charge in [0.15, 0.2) is 6.61 Å². The Labute approximate surface area is 143 Å². The van der Waals surface area contributed by atoms with E-state index in [2.05, 4.69) is 10.3 Å². The van der Waals surface area contributed by atoms with Crippen LogP contribution in [0.25, 0.3) is 11.0 Å². The Balaban J connectivity index is 1.65. The molecule has 0 saturated heterocycles. The van der Waals surface area contributed by atoms with Gasteiger partial charge < -0.3 is 14.5 Å². The van der Waals surface area contributed by atoms with Crippen LogP contribution in [0.4, 0.5) is 0 Å². The number of hydrogen-bond acceptors (Lipinski definition) is 6. The number of para-hydroxylation sites is 1. The molecule has 25 heavy (non-hydrogen) atoms. The van der Waals surface area contributed by atoms with Gasteiger partial charge in [0.25, 0.3) is 5.91 Å². The SMILES string of the molecule is CN(C)C(=O)COc1ccc(C(=O)On2nnc3ccccc32)cc1. The molecule has 8 nitrogen and oxygen atoms in total. The summed E-state index contributed by atoms with van der Waals surface area (Å²) in [4.78, 5) is 31.4. The monoisotopic (exact) mass is 340 g/mol. The van der Waals surface area contributed by atoms with Crippen molar-refractivity contribution in [1.82, 2.24) is 20.1 Å². The topological polar surface area (TPSA) is 86.5 Å². The van der Waals surface area contributed by atoms with E-state index in [1.165, 1.54) is 4.90 Å². The summed E-state index contributed by atoms with van der Waals surface area (Å²) in [5.41, 5.74) is 1.55. The van der Waals surface area contributed by atoms with E-state index in [1.54, 1.807) is 56.6 Å². The Morgan fingerprint density at radius 1 is 1.08 bits per heavy atom. The molecule has 3 rings (SSSR count). The number of amides is 1. The molecule has 2 aromatic carbocycles. The van der Waals surface area contributed by atoms with E-state index in [0.717, 1.165) is 4.85 Å². The number of benzene rings is 2. The van der Waals surface area contributed by atoms with Crippen LogP contribution in [0.5, 0.6) is 5.75 Å². The van der Waals surface area contributed by atoms with Crippen LogP contribution in [0.15, 0.2) is 48.5 Å². The minimum Gasteiger partial charge on any atom is -0.484 e. The molecule has 0 atom stereocenters. The molecule has 0 aliphatic heterocycles. The molecule has 1 heterocycles. The molecular formula is C17H16N4O4. The van der Waals surface area contributed by atoms with Gasteiger partial charge in [0.2, 0.25) is 0 Å². The average Bonchev–Trinajstić information content (AvgIpc) is 3.03. The van der Waals surface area contributed by atoms with Crippen LogP contribution in [0.2, 0.25) is 0 Å². The third kappa shape index (κ3) is 3.74. The predicted octanol–water partition coefficient (Wildman–Crippen LogP) is 1.17. The van der Waals surface area contributed by atoms with Crippen molar-refractivity contribution in [3.63, 3.8) is 0 Å². The lowest BCUT2D eigenvalue weighted by Gasteiger charge is -2.11. The summed E-state index contributed by atoms with van der Waals surface area (Å²) in [6.07, 6.45) is 0. The summed E-state index contributed by atoms with van der Waals surface area (Å²) < 4.78 is 5.36. The maximum Gasteiger partial charge on any atom is 0.365 e. The zero-order valence-electron chi connectivity index (χ0n) is 13.7. The molecule has 1 aromatic heterocycles. The predicted molar refractivity (Wildman–Crippen MR) is 89.1 cm³/mol. The highest BCUT2D eigenvalue weighted by atomic mass is 16.7. The third-order valence-corrected chi connectivity index (χ3v) is 3.44. The second kappa shape index (κ2) is 7.00. The lowest BCUT2D eigenvalue weighted by Crippen LogP contribution is -2.27. The number of fused-ring (bicyclic) bond motifs is 1. The van der Waals surface area contributed by atoms with Crippen molar-refractivity contribution >= 4 is 22.9 Å². The van der Waals surface area contributed by atoms with Gasteiger partial charge in [0.05, 0.1) is 5.56 Å². The minimum atomic E-state index is -0.577. The van der Waals surface area contributed by atoms with Gasteiger partial charge in [-0.2, -0.15) is 0 Å². The molecule has 128 valence electrons. The fraction of sp³-hybridized carbons (Fsp3) is 0.176. The van der Waals surface area contributed by atoms with Crippen molar-refractivity contribution in [3.8, 4) is 5.75 Å². The van der Waals surface area contributed by atoms with Gasteiger partial charge in [-0.15, -0.1) is 5.10 Å². The number of nitrogens with zero attached hydrogens (tertiary/aromatic N) is 4. The van der Waals surface area contributed by atoms with Crippen molar-refractivity contribution in [2.45, 2.75) is 0 Å². The molecule has 8 heteroatoms. The maximum atomic E-state index is 12.2. The zero-order valence-corrected chi connectivity index (χ0v) is 13.7. The van der Waals surface area contributed by atoms with Gasteiger partial charge in [0.1, 0.15) is 16.8 Å². The molecule has 0 aliphatic rings. The van der Waals surface area contributed by atoms with Crippen LogP contribution in [-0.4, -0.2) is 52.6 Å². The summed E-state index contributed by atoms with van der Waals surface area (Å²) in [7, 11) is 3.30. The summed E-state index contributed by atoms with van der Waals surface area (Å²) in [6.45, 7) is -0.0677. The highest BCUT2D eigenvalue weighted by Gasteiger charge is 2.13. The van der Waals surface area contributed by atoms with Gasteiger partial charge in [-0.1, -0.05) is 17.0 Å². The van der Waals surface area contributed by atoms with Crippen molar-refractivity contribution in [2.75, 3.05) is 20.7 Å². The van der Waals surface area contributed by atoms with E-state index in [9.17, 15) is 9.59 Å². The number of hydrogen-bond donors (Lipinski definition) is 0. The van der Waals surface area contributed by atoms with E-state index in [4.69, 9.17) is 9.57 Å². The van der Waals surface area contributed by atoms with Gasteiger partial charge in [-0.25, -0.2) is 4.79 Å². The van der Waals surface area contributed by atoms with E-state index in [-0.39, 0.29) is 12.5 Å². The van der Waals surface area contributed by atoms with Crippen molar-refractivity contribution in [3.05, 3.63) is 54.1 Å². The first-order valence-electron chi connectivity index (χ1n) is 7.51. The average molecular weight is 340 g/mol. The fourth-order valence-corrected chi connectivity index (χ4v) is 2.01. The summed E-state index contributed by atoms with van der Waals surface area (Å²) in [5.74, 6) is -0.244. The van der Waals surface area contributed by atoms with Gasteiger partial charge in [0, 0.05) is 14.1 Å². The second-order valence-corrected chi connectivity index (χ2v) is 5.43. The molecule has 0 N–H and O–H groups in total. The molecule has 0 unspecified atom stereocenters. The van der Waals surface area contributed by atoms with Gasteiger partial charge in [-0.3, -0.25) is 4.79 Å². The minimum absolute atomic E-state index is 0.0677. The fourth-order valence-electron chi connectivity index (χ4n) is 2.01. The number of likely N-dealkylation sites (N-methyl/N-ethyl adjacent to an activating group) is 1. The first-order chi connectivity index (χ1) is 12.0. The normalized spacial score (nSPS) is 10.5. The van der Waals surface area contributed by atoms with Crippen LogP contribution in [0, 0.1) is 0 Å². The van der Waals surface area contributed by atoms with Crippen molar-refractivity contribution in [1.29, 1.82) is 0 Å². The van der Waals surface area contributed by atoms with E-state index in [1.807, 2.05) is 6.07 Å². The standard InChI is InChI=1S/C17H16N4O4/c1-20(2)16(22)11-24-13-9-7-12(8-10-13)17(23)25-21-15-6-4-3-5-14(15)18-19-21/h3-10H,11H2,1-2H3. The number of rotatable bonds is 5. The number of ether oxygens (including phenoxy) is 1. The quantitative estimate of drug-likeness (QED) is 0.648. The Kier molecular flexibility index (Phi) is 4.60. The number of aromatic nitrogens is 3. The largest absolute Gasteiger partial charge is 0.484 e. The van der Waals surface area contributed by atoms with E-state index >= 15 is 0 Å². The number of carbonyl (C=O) groups is 2. The first-order valence-corrected chi connectivity index (χ1v) is 7.51. The van der Waals surface area contributed by atoms with Gasteiger partial charge >= 0.3 is 5.97 Å². The molecule has 0 aliphatic carbocycles. The molecule has 0 spiro atoms. The zero-order chi connectivity index (χ0) is 17.8. The van der Waals surface area contributed by atoms with E-state index in [0.29, 0.717) is 22.3 Å². The van der Waals surface area contributed by atoms with Crippen molar-refractivity contribution < 1.29 is 19.2 Å². The van der Waals surface area contributed by atoms with Gasteiger partial charge in [-0.05, 0) is 41.6 Å². The highest BCUT2D eigenvalue weighted by molar-refractivity contribution is 5.90. The Bertz CT molecular complexity index is 902. The third-order valence-electron chi connectivity index (χ3n) is 3.44. The Hall–Kier alpha value is -3.42. The molecule has 3 aromatic rings. The highest BCUT2D eigenvalue weighted by Crippen LogP contribution is 2.13. The number of carbonyl (C=O) groups excluding carboxylic acids is 2. The molecule has 0 bridgehead atoms. The lowest BCUT2D eigenvalue weighted by molar-refractivity contribution is -0.130. The summed E-state index contributed by atoms with van der Waals surface area (Å²) in [6, 6.07) is 13.4. The maximum absolute atomic E-state index is 12.2. The molecule has 1 amide bonds. The Morgan fingerprint density at radius 3 is 2.52 bits per heavy atom. The first kappa shape index (κ1) is 16.4. The Morgan fingerprint density at radius 2 is 1.80 bits per heavy atom. The molecule has 0 radical (unpaired) electrons. The van der Waals surface area contributed by atoms with Crippen LogP contribution in [0.1, 0.15) is 10.4 Å². The summed E-state index contributed by atoms with van der Waals surface area (Å²) >= 11 is 0. The van der Waals surface area contributed by atoms with Crippen LogP contribution >= 0.6 is 0 Å². The lowest BCUT2D eigenvalue weighted by atomic mass is 10.2. The molecular weight excluding hydrogens is 324 g/mol. The van der Waals surface area contributed by atoms with E-state index < -0.39 is 5.97 Å². The molecule has 0 fully saturated rings. The molecule has 0 saturated carbocycles. The van der Waals surface area contributed by atoms with Crippen molar-refractivity contribution in [2.24, 2.45) is 0 Å². The van der Waals surface area contributed by atoms with Crippen LogP contribution in [-0.2, 0) is 4.79 Å². The second-order valence-electron chi connectivity index (χ2n) is 5.43. The van der Waals surface area contributed by atoms with Crippen LogP contribution < -0.4 is 9.57 Å². The smallest absolute Gasteiger partial charge is 0.365 e. The van der Waals surface area contributed by atoms with Crippen LogP contribution in [0.3, 0.4) is 0 Å².